The van der Waals surface area contributed by atoms with Crippen molar-refractivity contribution in [3.63, 3.8) is 0 Å². The van der Waals surface area contributed by atoms with Crippen LogP contribution in [0.3, 0.4) is 0 Å². The van der Waals surface area contributed by atoms with Crippen molar-refractivity contribution in [3.05, 3.63) is 69.3 Å². The molecule has 1 aliphatic heterocycles. The van der Waals surface area contributed by atoms with Crippen molar-refractivity contribution in [1.29, 1.82) is 0 Å². The topological polar surface area (TPSA) is 59.2 Å². The summed E-state index contributed by atoms with van der Waals surface area (Å²) in [5, 5.41) is 4.12. The molecule has 1 fully saturated rings. The van der Waals surface area contributed by atoms with Crippen LogP contribution in [0.5, 0.6) is 0 Å². The van der Waals surface area contributed by atoms with Gasteiger partial charge in [-0.1, -0.05) is 44.8 Å². The molecule has 1 saturated heterocycles. The summed E-state index contributed by atoms with van der Waals surface area (Å²) in [4.78, 5) is 18.6. The fraction of sp³-hybridized carbons (Fsp3) is 0.286. The molecule has 5 nitrogen and oxygen atoms in total. The normalized spacial score (nSPS) is 16.8. The Morgan fingerprint density at radius 2 is 2.07 bits per heavy atom. The highest BCUT2D eigenvalue weighted by Gasteiger charge is 2.36. The predicted octanol–water partition coefficient (Wildman–Crippen LogP) is 5.12. The number of likely N-dealkylation sites (tertiary alicyclic amines) is 1. The van der Waals surface area contributed by atoms with Gasteiger partial charge in [0.25, 0.3) is 0 Å². The van der Waals surface area contributed by atoms with Gasteiger partial charge < -0.3 is 9.42 Å². The van der Waals surface area contributed by atoms with E-state index in [0.717, 1.165) is 16.7 Å². The average Bonchev–Trinajstić information content (AvgIpc) is 3.27. The average molecular weight is 444 g/mol. The Balaban J connectivity index is 1.62. The van der Waals surface area contributed by atoms with E-state index in [9.17, 15) is 9.18 Å². The van der Waals surface area contributed by atoms with Gasteiger partial charge in [-0.15, -0.1) is 0 Å². The van der Waals surface area contributed by atoms with Crippen molar-refractivity contribution in [3.8, 4) is 11.4 Å². The maximum absolute atomic E-state index is 14.2. The van der Waals surface area contributed by atoms with Gasteiger partial charge in [-0.3, -0.25) is 4.79 Å². The number of hydrogen-bond acceptors (Lipinski definition) is 4. The van der Waals surface area contributed by atoms with Gasteiger partial charge in [0.2, 0.25) is 17.6 Å². The molecule has 0 bridgehead atoms. The van der Waals surface area contributed by atoms with Crippen molar-refractivity contribution >= 4 is 21.8 Å². The number of carbonyl (C=O) groups is 1. The molecule has 2 aromatic carbocycles. The molecular formula is C21H19BrFN3O2. The number of hydrogen-bond donors (Lipinski definition) is 0. The van der Waals surface area contributed by atoms with Gasteiger partial charge in [0.1, 0.15) is 11.9 Å². The van der Waals surface area contributed by atoms with Crippen molar-refractivity contribution in [2.45, 2.75) is 39.3 Å². The maximum atomic E-state index is 14.2. The third kappa shape index (κ3) is 3.58. The molecule has 0 saturated carbocycles. The molecule has 2 heterocycles. The highest BCUT2D eigenvalue weighted by atomic mass is 79.9. The number of benzene rings is 2. The molecule has 0 N–H and O–H groups in total. The number of amides is 1. The van der Waals surface area contributed by atoms with E-state index in [2.05, 4.69) is 26.1 Å². The highest BCUT2D eigenvalue weighted by molar-refractivity contribution is 9.10. The SMILES string of the molecule is Cc1ccc(C)c(-c2noc(C3CCC(=O)N3Cc3ccc(Br)cc3F)n2)c1. The van der Waals surface area contributed by atoms with Crippen LogP contribution in [0.2, 0.25) is 0 Å². The lowest BCUT2D eigenvalue weighted by Crippen LogP contribution is -2.27. The van der Waals surface area contributed by atoms with Gasteiger partial charge in [-0.2, -0.15) is 4.98 Å². The van der Waals surface area contributed by atoms with E-state index in [1.54, 1.807) is 17.0 Å². The summed E-state index contributed by atoms with van der Waals surface area (Å²) in [7, 11) is 0. The monoisotopic (exact) mass is 443 g/mol. The molecule has 1 aromatic heterocycles. The molecule has 28 heavy (non-hydrogen) atoms. The van der Waals surface area contributed by atoms with E-state index >= 15 is 0 Å². The molecular weight excluding hydrogens is 425 g/mol. The number of rotatable bonds is 4. The van der Waals surface area contributed by atoms with E-state index in [1.807, 2.05) is 32.0 Å². The van der Waals surface area contributed by atoms with Gasteiger partial charge >= 0.3 is 0 Å². The molecule has 1 amide bonds. The van der Waals surface area contributed by atoms with Gasteiger partial charge in [0.15, 0.2) is 0 Å². The van der Waals surface area contributed by atoms with Crippen molar-refractivity contribution in [1.82, 2.24) is 15.0 Å². The van der Waals surface area contributed by atoms with Crippen LogP contribution < -0.4 is 0 Å². The molecule has 3 aromatic rings. The summed E-state index contributed by atoms with van der Waals surface area (Å²) in [5.41, 5.74) is 3.52. The van der Waals surface area contributed by atoms with Gasteiger partial charge in [-0.05, 0) is 44.0 Å². The van der Waals surface area contributed by atoms with Crippen LogP contribution in [0.25, 0.3) is 11.4 Å². The molecule has 0 aliphatic carbocycles. The summed E-state index contributed by atoms with van der Waals surface area (Å²) in [5.74, 6) is 0.498. The quantitative estimate of drug-likeness (QED) is 0.561. The molecule has 1 unspecified atom stereocenters. The van der Waals surface area contributed by atoms with E-state index in [0.29, 0.717) is 34.6 Å². The number of halogens is 2. The first kappa shape index (κ1) is 18.8. The van der Waals surface area contributed by atoms with Crippen LogP contribution in [0.1, 0.15) is 41.5 Å². The predicted molar refractivity (Wildman–Crippen MR) is 106 cm³/mol. The molecule has 1 aliphatic rings. The maximum Gasteiger partial charge on any atom is 0.249 e. The second-order valence-corrected chi connectivity index (χ2v) is 8.00. The standard InChI is InChI=1S/C21H19BrFN3O2/c1-12-3-4-13(2)16(9-12)20-24-21(28-25-20)18-7-8-19(27)26(18)11-14-5-6-15(22)10-17(14)23/h3-6,9-10,18H,7-8,11H2,1-2H3. The minimum atomic E-state index is -0.352. The minimum Gasteiger partial charge on any atom is -0.337 e. The first-order valence-corrected chi connectivity index (χ1v) is 9.86. The van der Waals surface area contributed by atoms with Crippen molar-refractivity contribution in [2.75, 3.05) is 0 Å². The fourth-order valence-corrected chi connectivity index (χ4v) is 3.81. The van der Waals surface area contributed by atoms with E-state index in [-0.39, 0.29) is 24.3 Å². The van der Waals surface area contributed by atoms with Gasteiger partial charge in [-0.25, -0.2) is 4.39 Å². The summed E-state index contributed by atoms with van der Waals surface area (Å²) < 4.78 is 20.4. The van der Waals surface area contributed by atoms with E-state index in [4.69, 9.17) is 4.52 Å². The van der Waals surface area contributed by atoms with Crippen LogP contribution in [-0.2, 0) is 11.3 Å². The third-order valence-corrected chi connectivity index (χ3v) is 5.54. The lowest BCUT2D eigenvalue weighted by Gasteiger charge is -2.22. The number of aryl methyl sites for hydroxylation is 2. The third-order valence-electron chi connectivity index (χ3n) is 5.04. The van der Waals surface area contributed by atoms with E-state index in [1.165, 1.54) is 6.07 Å². The number of carbonyl (C=O) groups excluding carboxylic acids is 1. The molecule has 0 radical (unpaired) electrons. The lowest BCUT2D eigenvalue weighted by molar-refractivity contribution is -0.130. The zero-order valence-electron chi connectivity index (χ0n) is 15.6. The Bertz CT molecular complexity index is 1050. The van der Waals surface area contributed by atoms with Crippen LogP contribution in [0.4, 0.5) is 4.39 Å². The second kappa shape index (κ2) is 7.47. The highest BCUT2D eigenvalue weighted by Crippen LogP contribution is 2.35. The smallest absolute Gasteiger partial charge is 0.249 e. The summed E-state index contributed by atoms with van der Waals surface area (Å²) >= 11 is 3.25. The largest absolute Gasteiger partial charge is 0.337 e. The van der Waals surface area contributed by atoms with E-state index < -0.39 is 0 Å². The molecule has 1 atom stereocenters. The van der Waals surface area contributed by atoms with Gasteiger partial charge in [0, 0.05) is 28.6 Å². The Morgan fingerprint density at radius 1 is 1.25 bits per heavy atom. The van der Waals surface area contributed by atoms with Gasteiger partial charge in [0.05, 0.1) is 0 Å². The van der Waals surface area contributed by atoms with Crippen molar-refractivity contribution < 1.29 is 13.7 Å². The second-order valence-electron chi connectivity index (χ2n) is 7.09. The van der Waals surface area contributed by atoms with Crippen LogP contribution >= 0.6 is 15.9 Å². The number of nitrogens with zero attached hydrogens (tertiary/aromatic N) is 3. The lowest BCUT2D eigenvalue weighted by atomic mass is 10.1. The number of aromatic nitrogens is 2. The fourth-order valence-electron chi connectivity index (χ4n) is 3.48. The van der Waals surface area contributed by atoms with Crippen LogP contribution in [0.15, 0.2) is 45.4 Å². The Kier molecular flexibility index (Phi) is 5.02. The first-order chi connectivity index (χ1) is 13.4. The molecule has 144 valence electrons. The molecule has 4 rings (SSSR count). The molecule has 7 heteroatoms. The zero-order valence-corrected chi connectivity index (χ0v) is 17.2. The Morgan fingerprint density at radius 3 is 2.86 bits per heavy atom. The summed E-state index contributed by atoms with van der Waals surface area (Å²) in [6.45, 7) is 4.17. The summed E-state index contributed by atoms with van der Waals surface area (Å²) in [6, 6.07) is 10.6. The van der Waals surface area contributed by atoms with Crippen LogP contribution in [-0.4, -0.2) is 20.9 Å². The van der Waals surface area contributed by atoms with Crippen LogP contribution in [0, 0.1) is 19.7 Å². The zero-order chi connectivity index (χ0) is 19.8. The van der Waals surface area contributed by atoms with Crippen molar-refractivity contribution in [2.24, 2.45) is 0 Å². The Hall–Kier alpha value is -2.54. The Labute approximate surface area is 170 Å². The minimum absolute atomic E-state index is 0.0428. The first-order valence-electron chi connectivity index (χ1n) is 9.07. The molecule has 0 spiro atoms. The summed E-state index contributed by atoms with van der Waals surface area (Å²) in [6.07, 6.45) is 0.954.